The highest BCUT2D eigenvalue weighted by atomic mass is 16.5. The Morgan fingerprint density at radius 2 is 1.89 bits per heavy atom. The largest absolute Gasteiger partial charge is 0.453 e. The van der Waals surface area contributed by atoms with E-state index in [4.69, 9.17) is 10.5 Å². The molecule has 0 atom stereocenters. The molecule has 9 heteroatoms. The number of para-hydroxylation sites is 2. The Morgan fingerprint density at radius 1 is 1.11 bits per heavy atom. The van der Waals surface area contributed by atoms with Gasteiger partial charge in [-0.3, -0.25) is 5.10 Å². The lowest BCUT2D eigenvalue weighted by Gasteiger charge is -2.09. The molecule has 9 nitrogen and oxygen atoms in total. The molecule has 140 valence electrons. The summed E-state index contributed by atoms with van der Waals surface area (Å²) in [6.45, 7) is 1.80. The lowest BCUT2D eigenvalue weighted by molar-refractivity contribution is 0.0457. The predicted molar refractivity (Wildman–Crippen MR) is 104 cm³/mol. The third kappa shape index (κ3) is 3.58. The highest BCUT2D eigenvalue weighted by Crippen LogP contribution is 2.19. The van der Waals surface area contributed by atoms with Gasteiger partial charge in [-0.05, 0) is 24.6 Å². The van der Waals surface area contributed by atoms with Gasteiger partial charge in [0.25, 0.3) is 0 Å². The van der Waals surface area contributed by atoms with Crippen molar-refractivity contribution in [1.82, 2.24) is 25.1 Å². The van der Waals surface area contributed by atoms with Crippen LogP contribution in [-0.4, -0.2) is 31.1 Å². The van der Waals surface area contributed by atoms with Crippen LogP contribution in [0, 0.1) is 6.92 Å². The number of carbonyl (C=O) groups excluding carboxylic acids is 1. The standard InChI is InChI=1S/C19H17N7O2/c1-11-6-2-4-8-13(11)21-19-23-15(22-18(20)24-19)10-28-17(27)16-12-7-3-5-9-14(12)25-26-16/h2-9H,10H2,1H3,(H,25,26)(H3,20,21,22,23,24). The SMILES string of the molecule is Cc1ccccc1Nc1nc(N)nc(COC(=O)c2n[nH]c3ccccc23)n1. The molecule has 4 aromatic rings. The maximum Gasteiger partial charge on any atom is 0.359 e. The molecule has 0 saturated carbocycles. The van der Waals surface area contributed by atoms with E-state index in [1.807, 2.05) is 49.4 Å². The minimum atomic E-state index is -0.579. The molecule has 4 N–H and O–H groups in total. The van der Waals surface area contributed by atoms with Gasteiger partial charge >= 0.3 is 5.97 Å². The van der Waals surface area contributed by atoms with Crippen LogP contribution in [0.5, 0.6) is 0 Å². The summed E-state index contributed by atoms with van der Waals surface area (Å²) in [5.74, 6) is -0.0398. The number of esters is 1. The van der Waals surface area contributed by atoms with Crippen LogP contribution in [0.1, 0.15) is 21.9 Å². The number of fused-ring (bicyclic) bond motifs is 1. The van der Waals surface area contributed by atoms with Gasteiger partial charge in [-0.15, -0.1) is 0 Å². The van der Waals surface area contributed by atoms with Crippen molar-refractivity contribution in [2.24, 2.45) is 0 Å². The normalized spacial score (nSPS) is 10.8. The number of nitrogens with one attached hydrogen (secondary N) is 2. The van der Waals surface area contributed by atoms with Crippen molar-refractivity contribution in [3.05, 3.63) is 65.6 Å². The zero-order valence-electron chi connectivity index (χ0n) is 15.0. The van der Waals surface area contributed by atoms with E-state index in [2.05, 4.69) is 30.5 Å². The number of nitrogens with two attached hydrogens (primary N) is 1. The molecule has 0 aliphatic heterocycles. The Kier molecular flexibility index (Phi) is 4.55. The van der Waals surface area contributed by atoms with Crippen molar-refractivity contribution < 1.29 is 9.53 Å². The van der Waals surface area contributed by atoms with E-state index in [1.54, 1.807) is 6.07 Å². The van der Waals surface area contributed by atoms with Crippen molar-refractivity contribution in [1.29, 1.82) is 0 Å². The maximum absolute atomic E-state index is 12.4. The van der Waals surface area contributed by atoms with E-state index >= 15 is 0 Å². The number of aromatic amines is 1. The molecule has 0 amide bonds. The first-order valence-corrected chi connectivity index (χ1v) is 8.53. The smallest absolute Gasteiger partial charge is 0.359 e. The zero-order valence-corrected chi connectivity index (χ0v) is 15.0. The molecule has 0 radical (unpaired) electrons. The van der Waals surface area contributed by atoms with Gasteiger partial charge in [0.15, 0.2) is 18.1 Å². The summed E-state index contributed by atoms with van der Waals surface area (Å²) in [4.78, 5) is 24.7. The summed E-state index contributed by atoms with van der Waals surface area (Å²) in [6.07, 6.45) is 0. The van der Waals surface area contributed by atoms with Crippen LogP contribution in [0.25, 0.3) is 10.9 Å². The maximum atomic E-state index is 12.4. The second kappa shape index (κ2) is 7.31. The van der Waals surface area contributed by atoms with E-state index < -0.39 is 5.97 Å². The molecule has 0 aliphatic rings. The molecule has 2 aromatic carbocycles. The van der Waals surface area contributed by atoms with Crippen molar-refractivity contribution in [3.63, 3.8) is 0 Å². The van der Waals surface area contributed by atoms with Crippen molar-refractivity contribution in [3.8, 4) is 0 Å². The molecular formula is C19H17N7O2. The molecule has 0 saturated heterocycles. The molecule has 28 heavy (non-hydrogen) atoms. The number of nitrogen functional groups attached to an aromatic ring is 1. The van der Waals surface area contributed by atoms with Gasteiger partial charge in [0.2, 0.25) is 11.9 Å². The van der Waals surface area contributed by atoms with Crippen LogP contribution in [0.3, 0.4) is 0 Å². The molecular weight excluding hydrogens is 358 g/mol. The molecule has 0 aliphatic carbocycles. The van der Waals surface area contributed by atoms with Gasteiger partial charge in [-0.25, -0.2) is 4.79 Å². The monoisotopic (exact) mass is 375 g/mol. The van der Waals surface area contributed by atoms with Gasteiger partial charge in [0, 0.05) is 11.1 Å². The number of anilines is 3. The number of hydrogen-bond donors (Lipinski definition) is 3. The average molecular weight is 375 g/mol. The Bertz CT molecular complexity index is 1160. The molecule has 0 spiro atoms. The van der Waals surface area contributed by atoms with Gasteiger partial charge < -0.3 is 15.8 Å². The number of nitrogens with zero attached hydrogens (tertiary/aromatic N) is 4. The van der Waals surface area contributed by atoms with E-state index in [0.29, 0.717) is 5.39 Å². The topological polar surface area (TPSA) is 132 Å². The molecule has 2 heterocycles. The van der Waals surface area contributed by atoms with E-state index in [1.165, 1.54) is 0 Å². The fraction of sp³-hybridized carbons (Fsp3) is 0.105. The van der Waals surface area contributed by atoms with Crippen LogP contribution >= 0.6 is 0 Å². The van der Waals surface area contributed by atoms with E-state index in [0.717, 1.165) is 16.8 Å². The van der Waals surface area contributed by atoms with Crippen LogP contribution in [-0.2, 0) is 11.3 Å². The first-order chi connectivity index (χ1) is 13.6. The zero-order chi connectivity index (χ0) is 19.5. The van der Waals surface area contributed by atoms with Crippen molar-refractivity contribution in [2.45, 2.75) is 13.5 Å². The molecule has 0 unspecified atom stereocenters. The quantitative estimate of drug-likeness (QED) is 0.454. The van der Waals surface area contributed by atoms with Crippen molar-refractivity contribution in [2.75, 3.05) is 11.1 Å². The number of rotatable bonds is 5. The second-order valence-electron chi connectivity index (χ2n) is 6.07. The van der Waals surface area contributed by atoms with Crippen LogP contribution in [0.15, 0.2) is 48.5 Å². The summed E-state index contributed by atoms with van der Waals surface area (Å²) in [6, 6.07) is 15.0. The van der Waals surface area contributed by atoms with E-state index in [9.17, 15) is 4.79 Å². The highest BCUT2D eigenvalue weighted by Gasteiger charge is 2.16. The average Bonchev–Trinajstić information content (AvgIpc) is 3.12. The van der Waals surface area contributed by atoms with Gasteiger partial charge in [-0.2, -0.15) is 20.1 Å². The summed E-state index contributed by atoms with van der Waals surface area (Å²) in [7, 11) is 0. The number of hydrogen-bond acceptors (Lipinski definition) is 8. The summed E-state index contributed by atoms with van der Waals surface area (Å²) >= 11 is 0. The van der Waals surface area contributed by atoms with Crippen LogP contribution in [0.2, 0.25) is 0 Å². The minimum Gasteiger partial charge on any atom is -0.453 e. The number of benzene rings is 2. The number of aromatic nitrogens is 5. The van der Waals surface area contributed by atoms with Gasteiger partial charge in [0.05, 0.1) is 5.52 Å². The lowest BCUT2D eigenvalue weighted by Crippen LogP contribution is -2.11. The fourth-order valence-corrected chi connectivity index (χ4v) is 2.71. The molecule has 2 aromatic heterocycles. The van der Waals surface area contributed by atoms with Gasteiger partial charge in [0.1, 0.15) is 0 Å². The van der Waals surface area contributed by atoms with Crippen LogP contribution in [0.4, 0.5) is 17.6 Å². The molecule has 0 bridgehead atoms. The third-order valence-corrected chi connectivity index (χ3v) is 4.09. The number of carbonyl (C=O) groups is 1. The first kappa shape index (κ1) is 17.4. The number of aryl methyl sites for hydroxylation is 1. The van der Waals surface area contributed by atoms with E-state index in [-0.39, 0.29) is 30.0 Å². The Balaban J connectivity index is 1.50. The van der Waals surface area contributed by atoms with Crippen LogP contribution < -0.4 is 11.1 Å². The second-order valence-corrected chi connectivity index (χ2v) is 6.07. The Morgan fingerprint density at radius 3 is 2.75 bits per heavy atom. The summed E-state index contributed by atoms with van der Waals surface area (Å²) in [5.41, 5.74) is 8.60. The summed E-state index contributed by atoms with van der Waals surface area (Å²) in [5, 5.41) is 10.6. The lowest BCUT2D eigenvalue weighted by atomic mass is 10.2. The Hall–Kier alpha value is -4.01. The summed E-state index contributed by atoms with van der Waals surface area (Å²) < 4.78 is 5.31. The third-order valence-electron chi connectivity index (χ3n) is 4.09. The molecule has 4 rings (SSSR count). The van der Waals surface area contributed by atoms with Gasteiger partial charge in [-0.1, -0.05) is 36.4 Å². The highest BCUT2D eigenvalue weighted by molar-refractivity contribution is 6.01. The number of ether oxygens (including phenoxy) is 1. The predicted octanol–water partition coefficient (Wildman–Crippen LogP) is 2.74. The fourth-order valence-electron chi connectivity index (χ4n) is 2.71. The van der Waals surface area contributed by atoms with Crippen molar-refractivity contribution >= 4 is 34.5 Å². The number of H-pyrrole nitrogens is 1. The minimum absolute atomic E-state index is 0.0300. The molecule has 0 fully saturated rings. The first-order valence-electron chi connectivity index (χ1n) is 8.53. The Labute approximate surface area is 160 Å².